The monoisotopic (exact) mass is 246 g/mol. The molecule has 0 heterocycles. The molecule has 1 nitrogen and oxygen atoms in total. The minimum atomic E-state index is -0.618. The normalized spacial score (nSPS) is 12.5. The Balaban J connectivity index is 2.39. The Morgan fingerprint density at radius 2 is 1.59 bits per heavy atom. The summed E-state index contributed by atoms with van der Waals surface area (Å²) < 4.78 is 0. The van der Waals surface area contributed by atoms with Crippen LogP contribution in [0.15, 0.2) is 42.5 Å². The molecule has 0 unspecified atom stereocenters. The van der Waals surface area contributed by atoms with E-state index in [0.29, 0.717) is 5.02 Å². The first-order valence-corrected chi connectivity index (χ1v) is 5.96. The van der Waals surface area contributed by atoms with Gasteiger partial charge in [0.2, 0.25) is 0 Å². The number of aryl methyl sites for hydroxylation is 2. The Bertz CT molecular complexity index is 514. The molecule has 0 aliphatic heterocycles. The Morgan fingerprint density at radius 1 is 0.941 bits per heavy atom. The predicted molar refractivity (Wildman–Crippen MR) is 71.4 cm³/mol. The highest BCUT2D eigenvalue weighted by Gasteiger charge is 2.11. The van der Waals surface area contributed by atoms with Crippen molar-refractivity contribution in [2.75, 3.05) is 0 Å². The van der Waals surface area contributed by atoms with Gasteiger partial charge < -0.3 is 5.11 Å². The fraction of sp³-hybridized carbons (Fsp3) is 0.200. The Hall–Kier alpha value is -1.31. The van der Waals surface area contributed by atoms with Crippen molar-refractivity contribution >= 4 is 11.6 Å². The van der Waals surface area contributed by atoms with Gasteiger partial charge in [-0.2, -0.15) is 0 Å². The number of rotatable bonds is 2. The zero-order valence-electron chi connectivity index (χ0n) is 9.94. The second-order valence-electron chi connectivity index (χ2n) is 4.38. The highest BCUT2D eigenvalue weighted by atomic mass is 35.5. The quantitative estimate of drug-likeness (QED) is 0.848. The van der Waals surface area contributed by atoms with E-state index in [2.05, 4.69) is 6.07 Å². The fourth-order valence-corrected chi connectivity index (χ4v) is 2.24. The molecule has 0 aliphatic rings. The maximum atomic E-state index is 10.3. The van der Waals surface area contributed by atoms with Crippen LogP contribution in [0, 0.1) is 13.8 Å². The lowest BCUT2D eigenvalue weighted by atomic mass is 9.98. The summed E-state index contributed by atoms with van der Waals surface area (Å²) >= 11 is 5.93. The van der Waals surface area contributed by atoms with Crippen LogP contribution in [-0.2, 0) is 0 Å². The molecule has 88 valence electrons. The Morgan fingerprint density at radius 3 is 2.18 bits per heavy atom. The molecule has 2 aromatic rings. The summed E-state index contributed by atoms with van der Waals surface area (Å²) in [7, 11) is 0. The highest BCUT2D eigenvalue weighted by Crippen LogP contribution is 2.25. The van der Waals surface area contributed by atoms with Crippen LogP contribution >= 0.6 is 11.6 Å². The molecule has 0 amide bonds. The first-order valence-electron chi connectivity index (χ1n) is 5.58. The van der Waals surface area contributed by atoms with Crippen molar-refractivity contribution in [3.8, 4) is 0 Å². The topological polar surface area (TPSA) is 20.2 Å². The standard InChI is InChI=1S/C15H15ClO/c1-10-6-11(2)8-13(7-10)15(17)12-4-3-5-14(16)9-12/h3-9,15,17H,1-2H3/t15-/m0/s1. The zero-order chi connectivity index (χ0) is 12.4. The van der Waals surface area contributed by atoms with Gasteiger partial charge >= 0.3 is 0 Å². The summed E-state index contributed by atoms with van der Waals surface area (Å²) in [4.78, 5) is 0. The molecular weight excluding hydrogens is 232 g/mol. The number of hydrogen-bond acceptors (Lipinski definition) is 1. The third kappa shape index (κ3) is 2.87. The first-order chi connectivity index (χ1) is 8.06. The SMILES string of the molecule is Cc1cc(C)cc([C@@H](O)c2cccc(Cl)c2)c1. The van der Waals surface area contributed by atoms with Gasteiger partial charge in [-0.15, -0.1) is 0 Å². The molecule has 0 saturated carbocycles. The summed E-state index contributed by atoms with van der Waals surface area (Å²) in [5, 5.41) is 11.0. The van der Waals surface area contributed by atoms with E-state index >= 15 is 0 Å². The Kier molecular flexibility index (Phi) is 3.51. The molecule has 2 heteroatoms. The van der Waals surface area contributed by atoms with Gasteiger partial charge in [0.1, 0.15) is 6.10 Å². The summed E-state index contributed by atoms with van der Waals surface area (Å²) in [6.45, 7) is 4.06. The van der Waals surface area contributed by atoms with E-state index < -0.39 is 6.10 Å². The van der Waals surface area contributed by atoms with Crippen molar-refractivity contribution in [3.63, 3.8) is 0 Å². The summed E-state index contributed by atoms with van der Waals surface area (Å²) in [5.74, 6) is 0. The maximum absolute atomic E-state index is 10.3. The predicted octanol–water partition coefficient (Wildman–Crippen LogP) is 4.04. The largest absolute Gasteiger partial charge is 0.384 e. The van der Waals surface area contributed by atoms with E-state index in [0.717, 1.165) is 22.3 Å². The molecule has 0 saturated heterocycles. The lowest BCUT2D eigenvalue weighted by Crippen LogP contribution is -2.00. The molecule has 0 aliphatic carbocycles. The van der Waals surface area contributed by atoms with Crippen molar-refractivity contribution in [1.82, 2.24) is 0 Å². The Labute approximate surface area is 107 Å². The number of benzene rings is 2. The van der Waals surface area contributed by atoms with Crippen LogP contribution in [0.5, 0.6) is 0 Å². The van der Waals surface area contributed by atoms with E-state index in [1.165, 1.54) is 0 Å². The van der Waals surface area contributed by atoms with Crippen LogP contribution < -0.4 is 0 Å². The molecule has 0 fully saturated rings. The van der Waals surface area contributed by atoms with E-state index in [1.54, 1.807) is 12.1 Å². The van der Waals surface area contributed by atoms with Crippen molar-refractivity contribution in [1.29, 1.82) is 0 Å². The third-order valence-electron chi connectivity index (χ3n) is 2.72. The average Bonchev–Trinajstić information content (AvgIpc) is 2.26. The van der Waals surface area contributed by atoms with Gasteiger partial charge in [-0.05, 0) is 37.1 Å². The number of halogens is 1. The molecular formula is C15H15ClO. The van der Waals surface area contributed by atoms with Crippen molar-refractivity contribution < 1.29 is 5.11 Å². The molecule has 0 spiro atoms. The number of hydrogen-bond donors (Lipinski definition) is 1. The molecule has 0 aromatic heterocycles. The van der Waals surface area contributed by atoms with Gasteiger partial charge in [0.25, 0.3) is 0 Å². The van der Waals surface area contributed by atoms with Crippen LogP contribution in [-0.4, -0.2) is 5.11 Å². The van der Waals surface area contributed by atoms with Crippen LogP contribution in [0.1, 0.15) is 28.4 Å². The zero-order valence-corrected chi connectivity index (χ0v) is 10.7. The first kappa shape index (κ1) is 12.2. The molecule has 0 radical (unpaired) electrons. The van der Waals surface area contributed by atoms with Gasteiger partial charge in [-0.1, -0.05) is 53.1 Å². The van der Waals surface area contributed by atoms with E-state index in [4.69, 9.17) is 11.6 Å². The van der Waals surface area contributed by atoms with Crippen molar-refractivity contribution in [2.45, 2.75) is 20.0 Å². The summed E-state index contributed by atoms with van der Waals surface area (Å²) in [6.07, 6.45) is -0.618. The van der Waals surface area contributed by atoms with Crippen LogP contribution in [0.2, 0.25) is 5.02 Å². The summed E-state index contributed by atoms with van der Waals surface area (Å²) in [6, 6.07) is 13.4. The van der Waals surface area contributed by atoms with Crippen LogP contribution in [0.4, 0.5) is 0 Å². The van der Waals surface area contributed by atoms with Crippen LogP contribution in [0.25, 0.3) is 0 Å². The summed E-state index contributed by atoms with van der Waals surface area (Å²) in [5.41, 5.74) is 4.04. The van der Waals surface area contributed by atoms with E-state index in [-0.39, 0.29) is 0 Å². The third-order valence-corrected chi connectivity index (χ3v) is 2.96. The fourth-order valence-electron chi connectivity index (χ4n) is 2.04. The van der Waals surface area contributed by atoms with E-state index in [9.17, 15) is 5.11 Å². The minimum absolute atomic E-state index is 0.618. The lowest BCUT2D eigenvalue weighted by molar-refractivity contribution is 0.220. The molecule has 0 bridgehead atoms. The van der Waals surface area contributed by atoms with Gasteiger partial charge in [-0.25, -0.2) is 0 Å². The minimum Gasteiger partial charge on any atom is -0.384 e. The smallest absolute Gasteiger partial charge is 0.104 e. The highest BCUT2D eigenvalue weighted by molar-refractivity contribution is 6.30. The molecule has 1 N–H and O–H groups in total. The molecule has 2 aromatic carbocycles. The van der Waals surface area contributed by atoms with E-state index in [1.807, 2.05) is 38.1 Å². The molecule has 1 atom stereocenters. The second-order valence-corrected chi connectivity index (χ2v) is 4.82. The van der Waals surface area contributed by atoms with Crippen molar-refractivity contribution in [3.05, 3.63) is 69.7 Å². The molecule has 2 rings (SSSR count). The van der Waals surface area contributed by atoms with Gasteiger partial charge in [-0.3, -0.25) is 0 Å². The number of aliphatic hydroxyl groups excluding tert-OH is 1. The lowest BCUT2D eigenvalue weighted by Gasteiger charge is -2.13. The maximum Gasteiger partial charge on any atom is 0.104 e. The van der Waals surface area contributed by atoms with Crippen LogP contribution in [0.3, 0.4) is 0 Å². The van der Waals surface area contributed by atoms with Crippen molar-refractivity contribution in [2.24, 2.45) is 0 Å². The van der Waals surface area contributed by atoms with Gasteiger partial charge in [0.05, 0.1) is 0 Å². The molecule has 17 heavy (non-hydrogen) atoms. The number of aliphatic hydroxyl groups is 1. The second kappa shape index (κ2) is 4.91. The average molecular weight is 247 g/mol. The van der Waals surface area contributed by atoms with Gasteiger partial charge in [0.15, 0.2) is 0 Å². The van der Waals surface area contributed by atoms with Gasteiger partial charge in [0, 0.05) is 5.02 Å².